The number of rotatable bonds is 6. The first-order chi connectivity index (χ1) is 13.2. The molecule has 0 saturated carbocycles. The third-order valence-corrected chi connectivity index (χ3v) is 4.45. The molecule has 2 amide bonds. The van der Waals surface area contributed by atoms with Crippen LogP contribution < -0.4 is 10.6 Å². The van der Waals surface area contributed by atoms with Crippen LogP contribution in [-0.2, 0) is 4.79 Å². The summed E-state index contributed by atoms with van der Waals surface area (Å²) in [5, 5.41) is 5.45. The molecule has 2 N–H and O–H groups in total. The van der Waals surface area contributed by atoms with Crippen LogP contribution in [0.4, 0.5) is 5.69 Å². The largest absolute Gasteiger partial charge is 0.465 e. The summed E-state index contributed by atoms with van der Waals surface area (Å²) in [6.07, 6.45) is 4.98. The lowest BCUT2D eigenvalue weighted by molar-refractivity contribution is -0.113. The fourth-order valence-corrected chi connectivity index (χ4v) is 2.74. The number of furan rings is 1. The average molecular weight is 378 g/mol. The fourth-order valence-electron chi connectivity index (χ4n) is 2.33. The van der Waals surface area contributed by atoms with Gasteiger partial charge in [0, 0.05) is 22.2 Å². The highest BCUT2D eigenvalue weighted by atomic mass is 32.2. The summed E-state index contributed by atoms with van der Waals surface area (Å²) in [6, 6.07) is 19.6. The molecule has 1 heterocycles. The zero-order valence-corrected chi connectivity index (χ0v) is 15.5. The van der Waals surface area contributed by atoms with Gasteiger partial charge in [0.05, 0.1) is 6.26 Å². The van der Waals surface area contributed by atoms with Gasteiger partial charge in [-0.15, -0.1) is 11.8 Å². The molecule has 0 fully saturated rings. The van der Waals surface area contributed by atoms with E-state index in [-0.39, 0.29) is 11.6 Å². The minimum Gasteiger partial charge on any atom is -0.465 e. The summed E-state index contributed by atoms with van der Waals surface area (Å²) in [5.41, 5.74) is 1.19. The first-order valence-corrected chi connectivity index (χ1v) is 9.45. The van der Waals surface area contributed by atoms with Crippen molar-refractivity contribution in [2.75, 3.05) is 11.6 Å². The number of carbonyl (C=O) groups excluding carboxylic acids is 2. The molecular weight excluding hydrogens is 360 g/mol. The molecular formula is C21H18N2O3S. The van der Waals surface area contributed by atoms with Crippen LogP contribution in [0.25, 0.3) is 6.08 Å². The second-order valence-electron chi connectivity index (χ2n) is 5.58. The van der Waals surface area contributed by atoms with E-state index in [1.165, 1.54) is 12.3 Å². The van der Waals surface area contributed by atoms with Crippen LogP contribution >= 0.6 is 11.8 Å². The predicted octanol–water partition coefficient (Wildman–Crippen LogP) is 4.41. The lowest BCUT2D eigenvalue weighted by Gasteiger charge is -2.11. The van der Waals surface area contributed by atoms with Crippen molar-refractivity contribution in [1.82, 2.24) is 5.32 Å². The van der Waals surface area contributed by atoms with Gasteiger partial charge in [-0.25, -0.2) is 0 Å². The molecule has 27 heavy (non-hydrogen) atoms. The Balaban J connectivity index is 1.80. The number of benzene rings is 2. The van der Waals surface area contributed by atoms with Gasteiger partial charge in [-0.2, -0.15) is 0 Å². The van der Waals surface area contributed by atoms with E-state index >= 15 is 0 Å². The summed E-state index contributed by atoms with van der Waals surface area (Å²) >= 11 is 1.62. The standard InChI is InChI=1S/C21H18N2O3S/c1-27-18-11-9-16(10-12-18)22-21(25)19(14-17-8-5-13-26-17)23-20(24)15-6-3-2-4-7-15/h2-14H,1H3,(H,22,25)(H,23,24)/b19-14-. The van der Waals surface area contributed by atoms with Crippen molar-refractivity contribution in [3.8, 4) is 0 Å². The number of carbonyl (C=O) groups is 2. The summed E-state index contributed by atoms with van der Waals surface area (Å²) in [7, 11) is 0. The van der Waals surface area contributed by atoms with Crippen molar-refractivity contribution >= 4 is 35.3 Å². The number of amides is 2. The van der Waals surface area contributed by atoms with Gasteiger partial charge in [0.2, 0.25) is 0 Å². The maximum absolute atomic E-state index is 12.7. The normalized spacial score (nSPS) is 11.1. The van der Waals surface area contributed by atoms with Gasteiger partial charge in [-0.05, 0) is 54.8 Å². The molecule has 0 spiro atoms. The van der Waals surface area contributed by atoms with Crippen molar-refractivity contribution in [3.63, 3.8) is 0 Å². The van der Waals surface area contributed by atoms with Gasteiger partial charge in [-0.1, -0.05) is 18.2 Å². The monoisotopic (exact) mass is 378 g/mol. The van der Waals surface area contributed by atoms with Crippen LogP contribution in [0.3, 0.4) is 0 Å². The fraction of sp³-hybridized carbons (Fsp3) is 0.0476. The Hall–Kier alpha value is -3.25. The molecule has 0 radical (unpaired) electrons. The molecule has 0 bridgehead atoms. The molecule has 5 nitrogen and oxygen atoms in total. The van der Waals surface area contributed by atoms with Crippen molar-refractivity contribution < 1.29 is 14.0 Å². The van der Waals surface area contributed by atoms with Crippen molar-refractivity contribution in [3.05, 3.63) is 90.0 Å². The molecule has 3 rings (SSSR count). The molecule has 0 saturated heterocycles. The van der Waals surface area contributed by atoms with Crippen LogP contribution in [-0.4, -0.2) is 18.1 Å². The number of nitrogens with one attached hydrogen (secondary N) is 2. The van der Waals surface area contributed by atoms with Crippen molar-refractivity contribution in [2.24, 2.45) is 0 Å². The van der Waals surface area contributed by atoms with Crippen LogP contribution in [0.2, 0.25) is 0 Å². The molecule has 136 valence electrons. The summed E-state index contributed by atoms with van der Waals surface area (Å²) in [4.78, 5) is 26.3. The molecule has 2 aromatic carbocycles. The number of thioether (sulfide) groups is 1. The number of hydrogen-bond acceptors (Lipinski definition) is 4. The van der Waals surface area contributed by atoms with Crippen LogP contribution in [0.15, 0.2) is 88.0 Å². The SMILES string of the molecule is CSc1ccc(NC(=O)/C(=C/c2ccco2)NC(=O)c2ccccc2)cc1. The minimum absolute atomic E-state index is 0.0905. The van der Waals surface area contributed by atoms with Gasteiger partial charge < -0.3 is 15.1 Å². The van der Waals surface area contributed by atoms with E-state index in [4.69, 9.17) is 4.42 Å². The smallest absolute Gasteiger partial charge is 0.272 e. The zero-order chi connectivity index (χ0) is 19.1. The summed E-state index contributed by atoms with van der Waals surface area (Å²) in [5.74, 6) is -0.347. The third kappa shape index (κ3) is 5.12. The highest BCUT2D eigenvalue weighted by molar-refractivity contribution is 7.98. The average Bonchev–Trinajstić information content (AvgIpc) is 3.22. The van der Waals surface area contributed by atoms with E-state index in [2.05, 4.69) is 10.6 Å². The topological polar surface area (TPSA) is 71.3 Å². The lowest BCUT2D eigenvalue weighted by Crippen LogP contribution is -2.30. The summed E-state index contributed by atoms with van der Waals surface area (Å²) in [6.45, 7) is 0. The highest BCUT2D eigenvalue weighted by Gasteiger charge is 2.15. The quantitative estimate of drug-likeness (QED) is 0.492. The van der Waals surface area contributed by atoms with Crippen molar-refractivity contribution in [1.29, 1.82) is 0 Å². The number of anilines is 1. The van der Waals surface area contributed by atoms with E-state index in [1.807, 2.05) is 36.6 Å². The summed E-state index contributed by atoms with van der Waals surface area (Å²) < 4.78 is 5.27. The van der Waals surface area contributed by atoms with Crippen molar-refractivity contribution in [2.45, 2.75) is 4.90 Å². The lowest BCUT2D eigenvalue weighted by atomic mass is 10.2. The Kier molecular flexibility index (Phi) is 6.12. The molecule has 0 aliphatic carbocycles. The van der Waals surface area contributed by atoms with Crippen LogP contribution in [0.5, 0.6) is 0 Å². The Labute approximate surface area is 161 Å². The first kappa shape index (κ1) is 18.5. The second-order valence-corrected chi connectivity index (χ2v) is 6.46. The maximum Gasteiger partial charge on any atom is 0.272 e. The van der Waals surface area contributed by atoms with Gasteiger partial charge in [0.1, 0.15) is 11.5 Å². The van der Waals surface area contributed by atoms with E-state index in [1.54, 1.807) is 48.2 Å². The van der Waals surface area contributed by atoms with E-state index in [9.17, 15) is 9.59 Å². The van der Waals surface area contributed by atoms with E-state index in [0.29, 0.717) is 17.0 Å². The first-order valence-electron chi connectivity index (χ1n) is 8.23. The Morgan fingerprint density at radius 1 is 0.963 bits per heavy atom. The molecule has 0 aliphatic heterocycles. The van der Waals surface area contributed by atoms with Gasteiger partial charge in [0.15, 0.2) is 0 Å². The molecule has 3 aromatic rings. The van der Waals surface area contributed by atoms with Gasteiger partial charge >= 0.3 is 0 Å². The molecule has 0 aliphatic rings. The van der Waals surface area contributed by atoms with E-state index in [0.717, 1.165) is 4.90 Å². The highest BCUT2D eigenvalue weighted by Crippen LogP contribution is 2.18. The zero-order valence-electron chi connectivity index (χ0n) is 14.6. The second kappa shape index (κ2) is 8.91. The third-order valence-electron chi connectivity index (χ3n) is 3.71. The Morgan fingerprint density at radius 3 is 2.33 bits per heavy atom. The molecule has 6 heteroatoms. The maximum atomic E-state index is 12.7. The predicted molar refractivity (Wildman–Crippen MR) is 107 cm³/mol. The Morgan fingerprint density at radius 2 is 1.70 bits per heavy atom. The van der Waals surface area contributed by atoms with Crippen LogP contribution in [0, 0.1) is 0 Å². The van der Waals surface area contributed by atoms with Gasteiger partial charge in [0.25, 0.3) is 11.8 Å². The molecule has 0 unspecified atom stereocenters. The minimum atomic E-state index is -0.437. The van der Waals surface area contributed by atoms with Crippen LogP contribution in [0.1, 0.15) is 16.1 Å². The molecule has 0 atom stereocenters. The van der Waals surface area contributed by atoms with E-state index < -0.39 is 5.91 Å². The van der Waals surface area contributed by atoms with Gasteiger partial charge in [-0.3, -0.25) is 9.59 Å². The molecule has 1 aromatic heterocycles. The Bertz CT molecular complexity index is 933. The number of hydrogen-bond donors (Lipinski definition) is 2.